The van der Waals surface area contributed by atoms with Crippen LogP contribution in [0.2, 0.25) is 0 Å². The van der Waals surface area contributed by atoms with Crippen molar-refractivity contribution in [2.45, 2.75) is 13.5 Å². The first-order valence-corrected chi connectivity index (χ1v) is 18.6. The van der Waals surface area contributed by atoms with Crippen molar-refractivity contribution in [1.82, 2.24) is 19.1 Å². The molecule has 0 bridgehead atoms. The lowest BCUT2D eigenvalue weighted by molar-refractivity contribution is 0.796. The molecule has 8 aromatic carbocycles. The van der Waals surface area contributed by atoms with Gasteiger partial charge in [0, 0.05) is 55.9 Å². The molecule has 0 radical (unpaired) electrons. The van der Waals surface area contributed by atoms with Crippen LogP contribution in [0.5, 0.6) is 0 Å². The molecule has 0 saturated carbocycles. The second-order valence-electron chi connectivity index (χ2n) is 14.0. The Morgan fingerprint density at radius 2 is 1.11 bits per heavy atom. The minimum atomic E-state index is 0.834. The Bertz CT molecular complexity index is 3220. The van der Waals surface area contributed by atoms with Crippen LogP contribution in [0.4, 0.5) is 0 Å². The molecule has 0 aliphatic carbocycles. The van der Waals surface area contributed by atoms with Gasteiger partial charge in [-0.3, -0.25) is 0 Å². The molecule has 0 saturated heterocycles. The van der Waals surface area contributed by atoms with Crippen LogP contribution >= 0.6 is 0 Å². The first-order chi connectivity index (χ1) is 26.7. The minimum Gasteiger partial charge on any atom is -0.324 e. The number of fused-ring (bicyclic) bond motifs is 9. The van der Waals surface area contributed by atoms with E-state index < -0.39 is 0 Å². The molecule has 4 nitrogen and oxygen atoms in total. The summed E-state index contributed by atoms with van der Waals surface area (Å²) in [5.41, 5.74) is 12.0. The van der Waals surface area contributed by atoms with Crippen molar-refractivity contribution in [3.63, 3.8) is 0 Å². The fraction of sp³-hybridized carbons (Fsp3) is 0.0400. The van der Waals surface area contributed by atoms with Crippen LogP contribution < -0.4 is 0 Å². The molecule has 3 aromatic heterocycles. The topological polar surface area (TPSA) is 35.6 Å². The smallest absolute Gasteiger partial charge is 0.141 e. The fourth-order valence-electron chi connectivity index (χ4n) is 8.68. The molecule has 0 N–H and O–H groups in total. The molecule has 11 aromatic rings. The quantitative estimate of drug-likeness (QED) is 0.169. The highest BCUT2D eigenvalue weighted by Gasteiger charge is 2.19. The summed E-state index contributed by atoms with van der Waals surface area (Å²) >= 11 is 0. The van der Waals surface area contributed by atoms with Crippen LogP contribution in [0.1, 0.15) is 6.92 Å². The third-order valence-electron chi connectivity index (χ3n) is 11.1. The molecular weight excluding hydrogens is 657 g/mol. The summed E-state index contributed by atoms with van der Waals surface area (Å²) in [6, 6.07) is 63.3. The number of para-hydroxylation sites is 5. The summed E-state index contributed by atoms with van der Waals surface area (Å²) in [5, 5.41) is 8.46. The van der Waals surface area contributed by atoms with Gasteiger partial charge in [-0.2, -0.15) is 0 Å². The highest BCUT2D eigenvalue weighted by atomic mass is 15.1. The molecule has 54 heavy (non-hydrogen) atoms. The van der Waals surface area contributed by atoms with E-state index in [4.69, 9.17) is 9.97 Å². The number of aryl methyl sites for hydroxylation is 1. The maximum atomic E-state index is 5.64. The van der Waals surface area contributed by atoms with Crippen LogP contribution in [-0.4, -0.2) is 19.1 Å². The van der Waals surface area contributed by atoms with E-state index in [0.717, 1.165) is 73.3 Å². The van der Waals surface area contributed by atoms with Crippen LogP contribution in [0.15, 0.2) is 176 Å². The Balaban J connectivity index is 1.17. The van der Waals surface area contributed by atoms with Gasteiger partial charge in [-0.1, -0.05) is 133 Å². The zero-order valence-electron chi connectivity index (χ0n) is 29.7. The summed E-state index contributed by atoms with van der Waals surface area (Å²) in [7, 11) is 0. The van der Waals surface area contributed by atoms with Crippen LogP contribution in [0.3, 0.4) is 0 Å². The highest BCUT2D eigenvalue weighted by molar-refractivity contribution is 6.24. The van der Waals surface area contributed by atoms with E-state index in [1.807, 2.05) is 0 Å². The Labute approximate surface area is 312 Å². The SMILES string of the molecule is CCn1c(-c2cccc(-c3nc4c(-c5cccc(-n6c7ccccc7c7ccccc76)c5)cccc4c4c3ccc3ccccc34)c2)nc2ccccc21. The Morgan fingerprint density at radius 3 is 1.93 bits per heavy atom. The van der Waals surface area contributed by atoms with Gasteiger partial charge in [0.1, 0.15) is 5.82 Å². The Morgan fingerprint density at radius 1 is 0.463 bits per heavy atom. The molecule has 0 fully saturated rings. The zero-order valence-corrected chi connectivity index (χ0v) is 29.7. The van der Waals surface area contributed by atoms with Crippen molar-refractivity contribution in [1.29, 1.82) is 0 Å². The molecule has 0 unspecified atom stereocenters. The lowest BCUT2D eigenvalue weighted by atomic mass is 9.92. The van der Waals surface area contributed by atoms with Gasteiger partial charge in [0.25, 0.3) is 0 Å². The van der Waals surface area contributed by atoms with Crippen molar-refractivity contribution in [3.8, 4) is 39.5 Å². The van der Waals surface area contributed by atoms with Crippen LogP contribution in [-0.2, 0) is 6.54 Å². The Kier molecular flexibility index (Phi) is 6.80. The molecule has 0 aliphatic rings. The molecule has 254 valence electrons. The van der Waals surface area contributed by atoms with Gasteiger partial charge in [0.05, 0.1) is 33.3 Å². The minimum absolute atomic E-state index is 0.834. The molecule has 0 amide bonds. The number of aromatic nitrogens is 4. The predicted octanol–water partition coefficient (Wildman–Crippen LogP) is 13.0. The normalized spacial score (nSPS) is 11.9. The Hall–Kier alpha value is -7.04. The largest absolute Gasteiger partial charge is 0.324 e. The van der Waals surface area contributed by atoms with E-state index in [9.17, 15) is 0 Å². The number of hydrogen-bond donors (Lipinski definition) is 0. The molecule has 4 heteroatoms. The first kappa shape index (κ1) is 30.6. The fourth-order valence-corrected chi connectivity index (χ4v) is 8.68. The number of rotatable bonds is 5. The molecule has 0 aliphatic heterocycles. The summed E-state index contributed by atoms with van der Waals surface area (Å²) < 4.78 is 4.69. The third-order valence-corrected chi connectivity index (χ3v) is 11.1. The molecule has 0 spiro atoms. The zero-order chi connectivity index (χ0) is 35.8. The number of nitrogens with zero attached hydrogens (tertiary/aromatic N) is 4. The van der Waals surface area contributed by atoms with E-state index in [1.54, 1.807) is 0 Å². The number of pyridine rings is 1. The second-order valence-corrected chi connectivity index (χ2v) is 14.0. The van der Waals surface area contributed by atoms with E-state index >= 15 is 0 Å². The first-order valence-electron chi connectivity index (χ1n) is 18.6. The standard InChI is InChI=1S/C50H34N4/c1-2-53-46-27-10-7-24-43(46)51-50(53)35-17-11-16-34(30-35)48-42-29-28-32-14-3-4-19-37(32)47(42)41-23-13-22-38(49(41)52-48)33-15-12-18-36(31-33)54-44-25-8-5-20-39(44)40-21-6-9-26-45(40)54/h3-31H,2H2,1H3. The molecular formula is C50H34N4. The van der Waals surface area contributed by atoms with Gasteiger partial charge < -0.3 is 9.13 Å². The summed E-state index contributed by atoms with van der Waals surface area (Å²) in [6.45, 7) is 3.02. The van der Waals surface area contributed by atoms with Crippen molar-refractivity contribution in [3.05, 3.63) is 176 Å². The molecule has 0 atom stereocenters. The lowest BCUT2D eigenvalue weighted by Crippen LogP contribution is -1.98. The van der Waals surface area contributed by atoms with E-state index in [-0.39, 0.29) is 0 Å². The monoisotopic (exact) mass is 690 g/mol. The van der Waals surface area contributed by atoms with Gasteiger partial charge in [-0.25, -0.2) is 9.97 Å². The van der Waals surface area contributed by atoms with Crippen molar-refractivity contribution >= 4 is 65.3 Å². The summed E-state index contributed by atoms with van der Waals surface area (Å²) in [5.74, 6) is 0.971. The summed E-state index contributed by atoms with van der Waals surface area (Å²) in [4.78, 5) is 10.7. The van der Waals surface area contributed by atoms with Crippen molar-refractivity contribution in [2.75, 3.05) is 0 Å². The van der Waals surface area contributed by atoms with Gasteiger partial charge in [-0.15, -0.1) is 0 Å². The van der Waals surface area contributed by atoms with Crippen molar-refractivity contribution in [2.24, 2.45) is 0 Å². The number of hydrogen-bond acceptors (Lipinski definition) is 2. The third kappa shape index (κ3) is 4.56. The number of imidazole rings is 1. The van der Waals surface area contributed by atoms with Crippen LogP contribution in [0.25, 0.3) is 105 Å². The maximum Gasteiger partial charge on any atom is 0.141 e. The van der Waals surface area contributed by atoms with Gasteiger partial charge >= 0.3 is 0 Å². The van der Waals surface area contributed by atoms with Gasteiger partial charge in [0.15, 0.2) is 0 Å². The van der Waals surface area contributed by atoms with Crippen molar-refractivity contribution < 1.29 is 0 Å². The van der Waals surface area contributed by atoms with E-state index in [1.165, 1.54) is 38.0 Å². The van der Waals surface area contributed by atoms with Crippen LogP contribution in [0, 0.1) is 0 Å². The highest BCUT2D eigenvalue weighted by Crippen LogP contribution is 2.41. The van der Waals surface area contributed by atoms with Gasteiger partial charge in [-0.05, 0) is 65.7 Å². The average molecular weight is 691 g/mol. The van der Waals surface area contributed by atoms with E-state index in [2.05, 4.69) is 192 Å². The molecule has 3 heterocycles. The lowest BCUT2D eigenvalue weighted by Gasteiger charge is -2.16. The predicted molar refractivity (Wildman–Crippen MR) is 226 cm³/mol. The van der Waals surface area contributed by atoms with Gasteiger partial charge in [0.2, 0.25) is 0 Å². The second kappa shape index (κ2) is 12.0. The number of benzene rings is 8. The summed E-state index contributed by atoms with van der Waals surface area (Å²) in [6.07, 6.45) is 0. The maximum absolute atomic E-state index is 5.64. The van der Waals surface area contributed by atoms with E-state index in [0.29, 0.717) is 0 Å². The molecule has 11 rings (SSSR count). The average Bonchev–Trinajstić information content (AvgIpc) is 3.79.